The van der Waals surface area contributed by atoms with Gasteiger partial charge in [0, 0.05) is 31.7 Å². The molecule has 0 fully saturated rings. The van der Waals surface area contributed by atoms with E-state index in [1.54, 1.807) is 0 Å². The number of furan rings is 1. The summed E-state index contributed by atoms with van der Waals surface area (Å²) in [5, 5.41) is 10.9. The molecule has 0 amide bonds. The van der Waals surface area contributed by atoms with E-state index >= 15 is 0 Å². The van der Waals surface area contributed by atoms with Crippen molar-refractivity contribution in [3.05, 3.63) is 23.2 Å². The Bertz CT molecular complexity index is 659. The third-order valence-electron chi connectivity index (χ3n) is 5.33. The van der Waals surface area contributed by atoms with E-state index in [0.717, 1.165) is 62.9 Å². The molecule has 1 aromatic heterocycles. The summed E-state index contributed by atoms with van der Waals surface area (Å²) < 4.78 is 11.9. The molecule has 0 aromatic carbocycles. The molecule has 0 saturated heterocycles. The number of ether oxygens (including phenoxy) is 1. The van der Waals surface area contributed by atoms with Gasteiger partial charge in [0.05, 0.1) is 21.1 Å². The van der Waals surface area contributed by atoms with Crippen LogP contribution in [0.4, 0.5) is 0 Å². The number of hydrogen-bond acceptors (Lipinski definition) is 5. The van der Waals surface area contributed by atoms with E-state index < -0.39 is 12.1 Å². The lowest BCUT2D eigenvalue weighted by Gasteiger charge is -2.29. The fourth-order valence-electron chi connectivity index (χ4n) is 3.76. The minimum Gasteiger partial charge on any atom is -0.550 e. The first kappa shape index (κ1) is 27.2. The van der Waals surface area contributed by atoms with Crippen LogP contribution in [0, 0.1) is 6.92 Å². The van der Waals surface area contributed by atoms with Gasteiger partial charge in [-0.05, 0) is 37.8 Å². The van der Waals surface area contributed by atoms with Crippen molar-refractivity contribution >= 4 is 11.9 Å². The highest BCUT2D eigenvalue weighted by molar-refractivity contribution is 5.70. The van der Waals surface area contributed by atoms with Crippen LogP contribution >= 0.6 is 0 Å². The molecule has 1 rings (SSSR count). The van der Waals surface area contributed by atoms with E-state index in [0.29, 0.717) is 17.4 Å². The van der Waals surface area contributed by atoms with Crippen molar-refractivity contribution in [2.45, 2.75) is 97.0 Å². The van der Waals surface area contributed by atoms with Crippen molar-refractivity contribution in [2.75, 3.05) is 27.7 Å². The number of nitrogens with zero attached hydrogens (tertiary/aromatic N) is 1. The normalized spacial score (nSPS) is 12.7. The number of aliphatic carboxylic acids is 1. The zero-order chi connectivity index (χ0) is 23.3. The van der Waals surface area contributed by atoms with Crippen LogP contribution < -0.4 is 5.11 Å². The maximum Gasteiger partial charge on any atom is 0.306 e. The predicted molar refractivity (Wildman–Crippen MR) is 120 cm³/mol. The summed E-state index contributed by atoms with van der Waals surface area (Å²) in [5.74, 6) is 0.749. The topological polar surface area (TPSA) is 79.6 Å². The molecule has 31 heavy (non-hydrogen) atoms. The summed E-state index contributed by atoms with van der Waals surface area (Å²) >= 11 is 0. The Hall–Kier alpha value is -1.82. The number of hydrogen-bond donors (Lipinski definition) is 0. The standard InChI is InChI=1S/C25H43NO5/c1-6-7-14-21-17-20(2)23(30-21)15-12-10-8-9-11-13-16-25(29)31-22(18-24(27)28)19-26(3,4)5/h17,22H,6-16,18-19H2,1-5H3. The van der Waals surface area contributed by atoms with E-state index in [1.807, 2.05) is 21.1 Å². The summed E-state index contributed by atoms with van der Waals surface area (Å²) in [5.41, 5.74) is 1.27. The SMILES string of the molecule is CCCCc1cc(C)c(CCCCCCCCC(=O)OC(CC(=O)[O-])C[N+](C)(C)C)o1. The molecular weight excluding hydrogens is 394 g/mol. The Labute approximate surface area is 188 Å². The highest BCUT2D eigenvalue weighted by Crippen LogP contribution is 2.19. The van der Waals surface area contributed by atoms with Crippen molar-refractivity contribution in [1.82, 2.24) is 0 Å². The van der Waals surface area contributed by atoms with Crippen molar-refractivity contribution in [3.8, 4) is 0 Å². The van der Waals surface area contributed by atoms with E-state index in [1.165, 1.54) is 18.4 Å². The summed E-state index contributed by atoms with van der Waals surface area (Å²) in [6, 6.07) is 2.18. The Kier molecular flexibility index (Phi) is 12.5. The molecule has 0 aliphatic heterocycles. The molecule has 0 saturated carbocycles. The maximum absolute atomic E-state index is 12.1. The van der Waals surface area contributed by atoms with Crippen LogP contribution in [0.2, 0.25) is 0 Å². The van der Waals surface area contributed by atoms with Crippen molar-refractivity contribution in [1.29, 1.82) is 0 Å². The molecule has 1 unspecified atom stereocenters. The average molecular weight is 438 g/mol. The molecule has 0 radical (unpaired) electrons. The van der Waals surface area contributed by atoms with Crippen molar-refractivity contribution in [2.24, 2.45) is 0 Å². The van der Waals surface area contributed by atoms with Gasteiger partial charge in [0.2, 0.25) is 0 Å². The van der Waals surface area contributed by atoms with Crippen LogP contribution in [-0.2, 0) is 27.2 Å². The van der Waals surface area contributed by atoms with Crippen LogP contribution in [-0.4, -0.2) is 50.2 Å². The number of carbonyl (C=O) groups is 2. The van der Waals surface area contributed by atoms with E-state index in [2.05, 4.69) is 19.9 Å². The first-order chi connectivity index (χ1) is 14.6. The number of esters is 1. The van der Waals surface area contributed by atoms with Crippen LogP contribution in [0.15, 0.2) is 10.5 Å². The first-order valence-corrected chi connectivity index (χ1v) is 11.9. The second-order valence-corrected chi connectivity index (χ2v) is 9.70. The molecule has 0 aliphatic rings. The minimum atomic E-state index is -1.19. The van der Waals surface area contributed by atoms with Gasteiger partial charge < -0.3 is 23.5 Å². The number of carbonyl (C=O) groups excluding carboxylic acids is 2. The number of carboxylic acids is 1. The molecule has 6 heteroatoms. The minimum absolute atomic E-state index is 0.253. The molecule has 0 spiro atoms. The highest BCUT2D eigenvalue weighted by Gasteiger charge is 2.22. The van der Waals surface area contributed by atoms with Crippen molar-refractivity contribution in [3.63, 3.8) is 0 Å². The quantitative estimate of drug-likeness (QED) is 0.209. The van der Waals surface area contributed by atoms with Gasteiger partial charge in [-0.1, -0.05) is 39.0 Å². The lowest BCUT2D eigenvalue weighted by atomic mass is 10.1. The van der Waals surface area contributed by atoms with Gasteiger partial charge in [-0.2, -0.15) is 0 Å². The number of quaternary nitrogens is 1. The number of unbranched alkanes of at least 4 members (excludes halogenated alkanes) is 6. The van der Waals surface area contributed by atoms with Crippen molar-refractivity contribution < 1.29 is 28.3 Å². The summed E-state index contributed by atoms with van der Waals surface area (Å²) in [6.45, 7) is 4.78. The molecule has 6 nitrogen and oxygen atoms in total. The van der Waals surface area contributed by atoms with Gasteiger partial charge in [-0.15, -0.1) is 0 Å². The lowest BCUT2D eigenvalue weighted by molar-refractivity contribution is -0.873. The van der Waals surface area contributed by atoms with Gasteiger partial charge in [-0.3, -0.25) is 4.79 Å². The molecule has 1 atom stereocenters. The number of likely N-dealkylation sites (N-methyl/N-ethyl adjacent to an activating group) is 1. The third kappa shape index (κ3) is 13.2. The molecule has 1 heterocycles. The first-order valence-electron chi connectivity index (χ1n) is 11.9. The zero-order valence-electron chi connectivity index (χ0n) is 20.3. The Morgan fingerprint density at radius 2 is 1.68 bits per heavy atom. The van der Waals surface area contributed by atoms with Crippen LogP contribution in [0.25, 0.3) is 0 Å². The summed E-state index contributed by atoms with van der Waals surface area (Å²) in [6.07, 6.45) is 10.1. The fourth-order valence-corrected chi connectivity index (χ4v) is 3.76. The summed E-state index contributed by atoms with van der Waals surface area (Å²) in [7, 11) is 5.82. The number of aryl methyl sites for hydroxylation is 3. The highest BCUT2D eigenvalue weighted by atomic mass is 16.5. The fraction of sp³-hybridized carbons (Fsp3) is 0.760. The second-order valence-electron chi connectivity index (χ2n) is 9.70. The van der Waals surface area contributed by atoms with E-state index in [-0.39, 0.29) is 12.4 Å². The molecule has 0 N–H and O–H groups in total. The smallest absolute Gasteiger partial charge is 0.306 e. The van der Waals surface area contributed by atoms with Crippen LogP contribution in [0.3, 0.4) is 0 Å². The van der Waals surface area contributed by atoms with E-state index in [4.69, 9.17) is 9.15 Å². The van der Waals surface area contributed by atoms with Gasteiger partial charge in [0.25, 0.3) is 0 Å². The monoisotopic (exact) mass is 437 g/mol. The largest absolute Gasteiger partial charge is 0.550 e. The average Bonchev–Trinajstić information content (AvgIpc) is 2.99. The van der Waals surface area contributed by atoms with Crippen LogP contribution in [0.5, 0.6) is 0 Å². The maximum atomic E-state index is 12.1. The van der Waals surface area contributed by atoms with Gasteiger partial charge in [-0.25, -0.2) is 0 Å². The zero-order valence-corrected chi connectivity index (χ0v) is 20.3. The molecule has 178 valence electrons. The molecular formula is C25H43NO5. The number of rotatable bonds is 17. The lowest BCUT2D eigenvalue weighted by Crippen LogP contribution is -2.45. The Morgan fingerprint density at radius 1 is 1.03 bits per heavy atom. The van der Waals surface area contributed by atoms with Gasteiger partial charge in [0.1, 0.15) is 18.1 Å². The van der Waals surface area contributed by atoms with E-state index in [9.17, 15) is 14.7 Å². The summed E-state index contributed by atoms with van der Waals surface area (Å²) in [4.78, 5) is 23.0. The third-order valence-corrected chi connectivity index (χ3v) is 5.33. The van der Waals surface area contributed by atoms with Gasteiger partial charge in [0.15, 0.2) is 6.10 Å². The predicted octanol–water partition coefficient (Wildman–Crippen LogP) is 3.96. The number of carboxylic acid groups (broad SMARTS) is 1. The molecule has 0 aliphatic carbocycles. The Balaban J connectivity index is 2.15. The molecule has 0 bridgehead atoms. The Morgan fingerprint density at radius 3 is 2.29 bits per heavy atom. The van der Waals surface area contributed by atoms with Crippen LogP contribution in [0.1, 0.15) is 88.2 Å². The van der Waals surface area contributed by atoms with Gasteiger partial charge >= 0.3 is 5.97 Å². The second kappa shape index (κ2) is 14.3. The molecule has 1 aromatic rings.